The van der Waals surface area contributed by atoms with Crippen LogP contribution in [0.25, 0.3) is 0 Å². The van der Waals surface area contributed by atoms with E-state index >= 15 is 0 Å². The van der Waals surface area contributed by atoms with Crippen molar-refractivity contribution in [3.8, 4) is 0 Å². The van der Waals surface area contributed by atoms with Gasteiger partial charge in [0.15, 0.2) is 0 Å². The molecule has 3 heteroatoms. The normalized spacial score (nSPS) is 19.7. The molecule has 1 fully saturated rings. The third-order valence-electron chi connectivity index (χ3n) is 4.13. The smallest absolute Gasteiger partial charge is 0.118 e. The van der Waals surface area contributed by atoms with E-state index < -0.39 is 0 Å². The Morgan fingerprint density at radius 2 is 2.15 bits per heavy atom. The molecule has 1 aliphatic heterocycles. The summed E-state index contributed by atoms with van der Waals surface area (Å²) in [5, 5.41) is 3.46. The molecule has 1 aromatic heterocycles. The van der Waals surface area contributed by atoms with Crippen molar-refractivity contribution in [3.05, 3.63) is 23.2 Å². The molecule has 1 saturated heterocycles. The van der Waals surface area contributed by atoms with Crippen LogP contribution >= 0.6 is 0 Å². The van der Waals surface area contributed by atoms with Gasteiger partial charge in [-0.25, -0.2) is 0 Å². The molecule has 0 amide bonds. The molecule has 0 saturated carbocycles. The highest BCUT2D eigenvalue weighted by molar-refractivity contribution is 5.20. The fraction of sp³-hybridized carbons (Fsp3) is 0.765. The lowest BCUT2D eigenvalue weighted by atomic mass is 9.84. The van der Waals surface area contributed by atoms with Crippen molar-refractivity contribution in [1.82, 2.24) is 10.2 Å². The minimum Gasteiger partial charge on any atom is -0.465 e. The van der Waals surface area contributed by atoms with Gasteiger partial charge in [-0.2, -0.15) is 0 Å². The quantitative estimate of drug-likeness (QED) is 0.890. The number of rotatable bonds is 5. The van der Waals surface area contributed by atoms with E-state index in [9.17, 15) is 0 Å². The maximum Gasteiger partial charge on any atom is 0.118 e. The summed E-state index contributed by atoms with van der Waals surface area (Å²) < 4.78 is 5.94. The predicted octanol–water partition coefficient (Wildman–Crippen LogP) is 3.71. The molecule has 3 nitrogen and oxygen atoms in total. The van der Waals surface area contributed by atoms with Gasteiger partial charge >= 0.3 is 0 Å². The Morgan fingerprint density at radius 3 is 2.80 bits per heavy atom. The standard InChI is InChI=1S/C17H30N2O/c1-13(2)18-10-15-9-16(20-14(15)3)11-19-8-6-7-17(4,5)12-19/h9,13,18H,6-8,10-12H2,1-5H3. The lowest BCUT2D eigenvalue weighted by molar-refractivity contribution is 0.105. The van der Waals surface area contributed by atoms with Crippen molar-refractivity contribution in [2.45, 2.75) is 66.6 Å². The molecule has 114 valence electrons. The first-order chi connectivity index (χ1) is 9.35. The number of furan rings is 1. The molecule has 1 aliphatic rings. The molecule has 20 heavy (non-hydrogen) atoms. The van der Waals surface area contributed by atoms with Gasteiger partial charge in [-0.3, -0.25) is 4.90 Å². The van der Waals surface area contributed by atoms with Crippen LogP contribution in [0, 0.1) is 12.3 Å². The first-order valence-electron chi connectivity index (χ1n) is 7.90. The van der Waals surface area contributed by atoms with E-state index in [1.807, 2.05) is 0 Å². The first-order valence-corrected chi connectivity index (χ1v) is 7.90. The Morgan fingerprint density at radius 1 is 1.40 bits per heavy atom. The van der Waals surface area contributed by atoms with Crippen molar-refractivity contribution >= 4 is 0 Å². The van der Waals surface area contributed by atoms with E-state index in [4.69, 9.17) is 4.42 Å². The van der Waals surface area contributed by atoms with Crippen molar-refractivity contribution in [2.24, 2.45) is 5.41 Å². The molecule has 2 rings (SSSR count). The Bertz CT molecular complexity index is 434. The Hall–Kier alpha value is -0.800. The lowest BCUT2D eigenvalue weighted by Gasteiger charge is -2.37. The van der Waals surface area contributed by atoms with Crippen molar-refractivity contribution in [2.75, 3.05) is 13.1 Å². The second kappa shape index (κ2) is 6.31. The van der Waals surface area contributed by atoms with Crippen LogP contribution in [0.3, 0.4) is 0 Å². The molecular formula is C17H30N2O. The van der Waals surface area contributed by atoms with Crippen LogP contribution in [0.2, 0.25) is 0 Å². The summed E-state index contributed by atoms with van der Waals surface area (Å²) >= 11 is 0. The largest absolute Gasteiger partial charge is 0.465 e. The van der Waals surface area contributed by atoms with E-state index in [1.165, 1.54) is 31.5 Å². The summed E-state index contributed by atoms with van der Waals surface area (Å²) in [5.41, 5.74) is 1.74. The maximum atomic E-state index is 5.94. The van der Waals surface area contributed by atoms with E-state index in [-0.39, 0.29) is 0 Å². The fourth-order valence-electron chi connectivity index (χ4n) is 3.06. The number of aryl methyl sites for hydroxylation is 1. The zero-order chi connectivity index (χ0) is 14.8. The van der Waals surface area contributed by atoms with Crippen molar-refractivity contribution in [1.29, 1.82) is 0 Å². The van der Waals surface area contributed by atoms with Gasteiger partial charge in [-0.05, 0) is 37.8 Å². The van der Waals surface area contributed by atoms with Gasteiger partial charge in [-0.1, -0.05) is 27.7 Å². The van der Waals surface area contributed by atoms with E-state index in [0.717, 1.165) is 24.6 Å². The molecule has 1 aromatic rings. The molecule has 0 aliphatic carbocycles. The van der Waals surface area contributed by atoms with Gasteiger partial charge in [0, 0.05) is 24.7 Å². The third kappa shape index (κ3) is 4.35. The molecule has 0 bridgehead atoms. The number of hydrogen-bond donors (Lipinski definition) is 1. The van der Waals surface area contributed by atoms with Gasteiger partial charge in [-0.15, -0.1) is 0 Å². The summed E-state index contributed by atoms with van der Waals surface area (Å²) in [7, 11) is 0. The highest BCUT2D eigenvalue weighted by atomic mass is 16.3. The number of hydrogen-bond acceptors (Lipinski definition) is 3. The Balaban J connectivity index is 1.94. The molecule has 2 heterocycles. The molecule has 0 spiro atoms. The zero-order valence-corrected chi connectivity index (χ0v) is 13.8. The Labute approximate surface area is 123 Å². The molecule has 0 unspecified atom stereocenters. The van der Waals surface area contributed by atoms with Crippen molar-refractivity contribution in [3.63, 3.8) is 0 Å². The molecule has 0 aromatic carbocycles. The molecule has 0 atom stereocenters. The number of likely N-dealkylation sites (tertiary alicyclic amines) is 1. The van der Waals surface area contributed by atoms with Crippen LogP contribution in [0.4, 0.5) is 0 Å². The molecular weight excluding hydrogens is 248 g/mol. The predicted molar refractivity (Wildman–Crippen MR) is 83.7 cm³/mol. The first kappa shape index (κ1) is 15.6. The monoisotopic (exact) mass is 278 g/mol. The second-order valence-electron chi connectivity index (χ2n) is 7.31. The van der Waals surface area contributed by atoms with Gasteiger partial charge in [0.05, 0.1) is 6.54 Å². The fourth-order valence-corrected chi connectivity index (χ4v) is 3.06. The van der Waals surface area contributed by atoms with E-state index in [1.54, 1.807) is 0 Å². The van der Waals surface area contributed by atoms with E-state index in [0.29, 0.717) is 11.5 Å². The van der Waals surface area contributed by atoms with Gasteiger partial charge in [0.25, 0.3) is 0 Å². The third-order valence-corrected chi connectivity index (χ3v) is 4.13. The number of nitrogens with one attached hydrogen (secondary N) is 1. The van der Waals surface area contributed by atoms with Crippen LogP contribution in [-0.2, 0) is 13.1 Å². The molecule has 0 radical (unpaired) electrons. The van der Waals surface area contributed by atoms with E-state index in [2.05, 4.69) is 50.9 Å². The lowest BCUT2D eigenvalue weighted by Crippen LogP contribution is -2.39. The van der Waals surface area contributed by atoms with Crippen LogP contribution in [0.5, 0.6) is 0 Å². The summed E-state index contributed by atoms with van der Waals surface area (Å²) in [6.45, 7) is 15.4. The van der Waals surface area contributed by atoms with Crippen LogP contribution in [-0.4, -0.2) is 24.0 Å². The summed E-state index contributed by atoms with van der Waals surface area (Å²) in [5.74, 6) is 2.17. The summed E-state index contributed by atoms with van der Waals surface area (Å²) in [6.07, 6.45) is 2.64. The number of nitrogens with zero attached hydrogens (tertiary/aromatic N) is 1. The average Bonchev–Trinajstić information content (AvgIpc) is 2.65. The highest BCUT2D eigenvalue weighted by Crippen LogP contribution is 2.29. The number of piperidine rings is 1. The maximum absolute atomic E-state index is 5.94. The van der Waals surface area contributed by atoms with Crippen LogP contribution in [0.1, 0.15) is 57.6 Å². The Kier molecular flexibility index (Phi) is 4.92. The summed E-state index contributed by atoms with van der Waals surface area (Å²) in [4.78, 5) is 2.53. The minimum atomic E-state index is 0.446. The average molecular weight is 278 g/mol. The zero-order valence-electron chi connectivity index (χ0n) is 13.8. The summed E-state index contributed by atoms with van der Waals surface area (Å²) in [6, 6.07) is 2.74. The van der Waals surface area contributed by atoms with Gasteiger partial charge in [0.2, 0.25) is 0 Å². The highest BCUT2D eigenvalue weighted by Gasteiger charge is 2.26. The van der Waals surface area contributed by atoms with Gasteiger partial charge < -0.3 is 9.73 Å². The van der Waals surface area contributed by atoms with Crippen LogP contribution < -0.4 is 5.32 Å². The van der Waals surface area contributed by atoms with Crippen molar-refractivity contribution < 1.29 is 4.42 Å². The van der Waals surface area contributed by atoms with Crippen LogP contribution in [0.15, 0.2) is 10.5 Å². The minimum absolute atomic E-state index is 0.446. The van der Waals surface area contributed by atoms with Gasteiger partial charge in [0.1, 0.15) is 11.5 Å². The topological polar surface area (TPSA) is 28.4 Å². The SMILES string of the molecule is Cc1oc(CN2CCCC(C)(C)C2)cc1CNC(C)C. The molecule has 1 N–H and O–H groups in total. The second-order valence-corrected chi connectivity index (χ2v) is 7.31.